The van der Waals surface area contributed by atoms with Crippen LogP contribution in [0.15, 0.2) is 53.3 Å². The second-order valence-electron chi connectivity index (χ2n) is 5.34. The predicted octanol–water partition coefficient (Wildman–Crippen LogP) is 1.44. The van der Waals surface area contributed by atoms with E-state index in [1.54, 1.807) is 38.6 Å². The topological polar surface area (TPSA) is 68.3 Å². The van der Waals surface area contributed by atoms with E-state index in [0.717, 1.165) is 5.69 Å². The first kappa shape index (κ1) is 16.4. The minimum Gasteiger partial charge on any atom is -0.497 e. The Balaban J connectivity index is 2.03. The van der Waals surface area contributed by atoms with Crippen LogP contribution in [0.2, 0.25) is 0 Å². The third-order valence-corrected chi connectivity index (χ3v) is 3.80. The molecule has 3 rings (SSSR count). The molecule has 0 aliphatic rings. The van der Waals surface area contributed by atoms with Crippen molar-refractivity contribution in [1.29, 1.82) is 0 Å². The minimum absolute atomic E-state index is 0.189. The van der Waals surface area contributed by atoms with E-state index in [9.17, 15) is 4.79 Å². The summed E-state index contributed by atoms with van der Waals surface area (Å²) in [6.07, 6.45) is 1.61. The van der Waals surface area contributed by atoms with Crippen LogP contribution in [0.25, 0.3) is 18.5 Å². The molecule has 0 aliphatic heterocycles. The summed E-state index contributed by atoms with van der Waals surface area (Å²) in [6.45, 7) is 3.91. The Morgan fingerprint density at radius 1 is 1.12 bits per heavy atom. The lowest BCUT2D eigenvalue weighted by Gasteiger charge is -2.09. The van der Waals surface area contributed by atoms with Crippen molar-refractivity contribution < 1.29 is 9.47 Å². The Labute approximate surface area is 144 Å². The molecule has 1 heterocycles. The van der Waals surface area contributed by atoms with E-state index in [0.29, 0.717) is 27.8 Å². The summed E-state index contributed by atoms with van der Waals surface area (Å²) < 4.78 is 12.0. The first-order valence-electron chi connectivity index (χ1n) is 7.68. The van der Waals surface area contributed by atoms with Crippen LogP contribution in [0.3, 0.4) is 0 Å². The zero-order valence-corrected chi connectivity index (χ0v) is 14.1. The monoisotopic (exact) mass is 337 g/mol. The average molecular weight is 337 g/mol. The number of nitrogens with zero attached hydrogens (tertiary/aromatic N) is 1. The van der Waals surface area contributed by atoms with Gasteiger partial charge in [0.15, 0.2) is 0 Å². The lowest BCUT2D eigenvalue weighted by molar-refractivity contribution is 0.405. The van der Waals surface area contributed by atoms with E-state index in [4.69, 9.17) is 9.47 Å². The number of rotatable bonds is 5. The fraction of sp³-hybridized carbons (Fsp3) is 0.105. The molecule has 0 saturated heterocycles. The van der Waals surface area contributed by atoms with Gasteiger partial charge in [0.25, 0.3) is 5.56 Å². The first-order valence-corrected chi connectivity index (χ1v) is 7.68. The van der Waals surface area contributed by atoms with Crippen LogP contribution in [-0.2, 0) is 0 Å². The van der Waals surface area contributed by atoms with E-state index in [1.165, 1.54) is 4.68 Å². The van der Waals surface area contributed by atoms with Crippen molar-refractivity contribution in [3.63, 3.8) is 0 Å². The molecular formula is C19H19N3O3. The summed E-state index contributed by atoms with van der Waals surface area (Å²) in [6, 6.07) is 14.7. The lowest BCUT2D eigenvalue weighted by atomic mass is 10.2. The van der Waals surface area contributed by atoms with Crippen molar-refractivity contribution >= 4 is 18.5 Å². The fourth-order valence-electron chi connectivity index (χ4n) is 2.48. The molecule has 0 radical (unpaired) electrons. The highest BCUT2D eigenvalue weighted by Gasteiger charge is 2.06. The molecule has 0 saturated carbocycles. The van der Waals surface area contributed by atoms with E-state index in [2.05, 4.69) is 17.0 Å². The van der Waals surface area contributed by atoms with Gasteiger partial charge in [0.2, 0.25) is 0 Å². The minimum atomic E-state index is -0.189. The Morgan fingerprint density at radius 3 is 2.56 bits per heavy atom. The number of methoxy groups -OCH3 is 2. The van der Waals surface area contributed by atoms with Crippen molar-refractivity contribution in [2.75, 3.05) is 19.5 Å². The molecule has 1 aromatic heterocycles. The molecule has 2 N–H and O–H groups in total. The standard InChI is InChI=1S/C19H19N3O3/c1-13-16(19(23)22(21-13)14-7-5-4-6-8-14)12-20-17-11-15(24-2)9-10-18(17)25-3/h4-12,20-21H,1H2,2-3H3. The van der Waals surface area contributed by atoms with Gasteiger partial charge in [-0.25, -0.2) is 4.68 Å². The van der Waals surface area contributed by atoms with Gasteiger partial charge in [-0.1, -0.05) is 24.8 Å². The highest BCUT2D eigenvalue weighted by atomic mass is 16.5. The Kier molecular flexibility index (Phi) is 4.61. The van der Waals surface area contributed by atoms with Crippen molar-refractivity contribution in [1.82, 2.24) is 9.78 Å². The van der Waals surface area contributed by atoms with Gasteiger partial charge in [0, 0.05) is 12.3 Å². The predicted molar refractivity (Wildman–Crippen MR) is 98.8 cm³/mol. The maximum absolute atomic E-state index is 12.7. The van der Waals surface area contributed by atoms with Crippen molar-refractivity contribution in [3.8, 4) is 17.2 Å². The van der Waals surface area contributed by atoms with Crippen LogP contribution < -0.4 is 30.9 Å². The number of aromatic nitrogens is 2. The number of ether oxygens (including phenoxy) is 2. The van der Waals surface area contributed by atoms with Gasteiger partial charge in [-0.05, 0) is 24.3 Å². The number of H-pyrrole nitrogens is 1. The number of hydrogen-bond donors (Lipinski definition) is 2. The Morgan fingerprint density at radius 2 is 1.88 bits per heavy atom. The summed E-state index contributed by atoms with van der Waals surface area (Å²) >= 11 is 0. The molecule has 0 spiro atoms. The van der Waals surface area contributed by atoms with Crippen LogP contribution in [0.1, 0.15) is 0 Å². The van der Waals surface area contributed by atoms with E-state index in [-0.39, 0.29) is 5.56 Å². The van der Waals surface area contributed by atoms with Gasteiger partial charge in [0.05, 0.1) is 36.2 Å². The Hall–Kier alpha value is -3.41. The summed E-state index contributed by atoms with van der Waals surface area (Å²) in [5.74, 6) is 1.32. The quantitative estimate of drug-likeness (QED) is 0.739. The molecule has 0 atom stereocenters. The number of hydrogen-bond acceptors (Lipinski definition) is 4. The molecule has 0 fully saturated rings. The highest BCUT2D eigenvalue weighted by molar-refractivity contribution is 5.65. The van der Waals surface area contributed by atoms with Crippen molar-refractivity contribution in [2.24, 2.45) is 0 Å². The summed E-state index contributed by atoms with van der Waals surface area (Å²) in [7, 11) is 3.17. The smallest absolute Gasteiger partial charge is 0.280 e. The highest BCUT2D eigenvalue weighted by Crippen LogP contribution is 2.28. The third-order valence-electron chi connectivity index (χ3n) is 3.80. The maximum atomic E-state index is 12.7. The third kappa shape index (κ3) is 3.28. The van der Waals surface area contributed by atoms with Crippen LogP contribution in [0, 0.1) is 0 Å². The molecule has 3 aromatic rings. The van der Waals surface area contributed by atoms with Crippen LogP contribution in [0.4, 0.5) is 5.69 Å². The zero-order valence-electron chi connectivity index (χ0n) is 14.1. The van der Waals surface area contributed by atoms with Gasteiger partial charge in [-0.2, -0.15) is 0 Å². The summed E-state index contributed by atoms with van der Waals surface area (Å²) in [5.41, 5.74) is 1.25. The van der Waals surface area contributed by atoms with Crippen LogP contribution >= 0.6 is 0 Å². The van der Waals surface area contributed by atoms with Crippen molar-refractivity contribution in [3.05, 3.63) is 69.5 Å². The SMILES string of the molecule is C=c1[nH]n(-c2ccccc2)c(=O)c1=CNc1cc(OC)ccc1OC. The molecule has 128 valence electrons. The first-order chi connectivity index (χ1) is 12.1. The summed E-state index contributed by atoms with van der Waals surface area (Å²) in [5, 5.41) is 7.04. The number of para-hydroxylation sites is 1. The van der Waals surface area contributed by atoms with Gasteiger partial charge in [0.1, 0.15) is 11.5 Å². The lowest BCUT2D eigenvalue weighted by Crippen LogP contribution is -2.34. The van der Waals surface area contributed by atoms with Crippen LogP contribution in [-0.4, -0.2) is 24.0 Å². The number of benzene rings is 2. The van der Waals surface area contributed by atoms with Gasteiger partial charge < -0.3 is 14.8 Å². The van der Waals surface area contributed by atoms with E-state index in [1.807, 2.05) is 30.3 Å². The number of anilines is 1. The normalized spacial score (nSPS) is 11.4. The van der Waals surface area contributed by atoms with E-state index >= 15 is 0 Å². The number of nitrogens with one attached hydrogen (secondary N) is 2. The molecule has 0 bridgehead atoms. The molecule has 0 aliphatic carbocycles. The molecule has 0 unspecified atom stereocenters. The van der Waals surface area contributed by atoms with Gasteiger partial charge in [-0.15, -0.1) is 0 Å². The largest absolute Gasteiger partial charge is 0.497 e. The van der Waals surface area contributed by atoms with Gasteiger partial charge >= 0.3 is 0 Å². The average Bonchev–Trinajstić information content (AvgIpc) is 2.94. The molecule has 2 aromatic carbocycles. The van der Waals surface area contributed by atoms with Crippen LogP contribution in [0.5, 0.6) is 11.5 Å². The molecular weight excluding hydrogens is 318 g/mol. The fourth-order valence-corrected chi connectivity index (χ4v) is 2.48. The molecule has 6 heteroatoms. The maximum Gasteiger partial charge on any atom is 0.280 e. The molecule has 6 nitrogen and oxygen atoms in total. The summed E-state index contributed by atoms with van der Waals surface area (Å²) in [4.78, 5) is 12.7. The molecule has 25 heavy (non-hydrogen) atoms. The number of aromatic amines is 1. The Bertz CT molecular complexity index is 1040. The second-order valence-corrected chi connectivity index (χ2v) is 5.34. The van der Waals surface area contributed by atoms with Gasteiger partial charge in [-0.3, -0.25) is 9.89 Å². The van der Waals surface area contributed by atoms with Crippen molar-refractivity contribution in [2.45, 2.75) is 0 Å². The molecule has 0 amide bonds. The van der Waals surface area contributed by atoms with E-state index < -0.39 is 0 Å². The second kappa shape index (κ2) is 7.00. The zero-order chi connectivity index (χ0) is 17.8.